The van der Waals surface area contributed by atoms with Crippen LogP contribution >= 0.6 is 23.1 Å². The Kier molecular flexibility index (Phi) is 7.00. The number of anilines is 3. The molecule has 0 atom stereocenters. The van der Waals surface area contributed by atoms with E-state index in [2.05, 4.69) is 34.6 Å². The average Bonchev–Trinajstić information content (AvgIpc) is 3.19. The summed E-state index contributed by atoms with van der Waals surface area (Å²) >= 11 is 2.71. The fraction of sp³-hybridized carbons (Fsp3) is 0.200. The second-order valence-corrected chi connectivity index (χ2v) is 8.01. The summed E-state index contributed by atoms with van der Waals surface area (Å²) in [7, 11) is 0. The van der Waals surface area contributed by atoms with Gasteiger partial charge in [-0.15, -0.1) is 10.2 Å². The lowest BCUT2D eigenvalue weighted by molar-refractivity contribution is -0.116. The van der Waals surface area contributed by atoms with Crippen molar-refractivity contribution in [3.8, 4) is 6.07 Å². The summed E-state index contributed by atoms with van der Waals surface area (Å²) in [6.45, 7) is 2.13. The smallest absolute Gasteiger partial charge is 0.238 e. The number of nitrogens with zero attached hydrogens (tertiary/aromatic N) is 4. The van der Waals surface area contributed by atoms with E-state index < -0.39 is 0 Å². The van der Waals surface area contributed by atoms with Crippen LogP contribution in [0.25, 0.3) is 0 Å². The van der Waals surface area contributed by atoms with Gasteiger partial charge in [-0.3, -0.25) is 9.69 Å². The number of rotatable bonds is 8. The van der Waals surface area contributed by atoms with Crippen LogP contribution in [-0.4, -0.2) is 28.4 Å². The molecule has 0 aliphatic carbocycles. The van der Waals surface area contributed by atoms with Crippen molar-refractivity contribution in [2.75, 3.05) is 22.5 Å². The highest BCUT2D eigenvalue weighted by molar-refractivity contribution is 8.01. The monoisotopic (exact) mass is 409 g/mol. The van der Waals surface area contributed by atoms with Crippen LogP contribution in [0, 0.1) is 11.3 Å². The standard InChI is InChI=1S/C20H19N5OS2/c1-2-15-8-10-16(11-9-15)22-19-23-24-20(28-19)27-14-18(26)25(13-12-21)17-6-4-3-5-7-17/h3-11H,2,13-14H2,1H3,(H,22,23). The van der Waals surface area contributed by atoms with Crippen molar-refractivity contribution in [2.45, 2.75) is 17.7 Å². The number of carbonyl (C=O) groups excluding carboxylic acids is 1. The van der Waals surface area contributed by atoms with Crippen LogP contribution in [0.15, 0.2) is 58.9 Å². The maximum atomic E-state index is 12.6. The molecule has 6 nitrogen and oxygen atoms in total. The van der Waals surface area contributed by atoms with Crippen molar-refractivity contribution in [3.05, 3.63) is 60.2 Å². The normalized spacial score (nSPS) is 10.3. The number of nitrogens with one attached hydrogen (secondary N) is 1. The number of thioether (sulfide) groups is 1. The van der Waals surface area contributed by atoms with Crippen molar-refractivity contribution in [1.82, 2.24) is 10.2 Å². The second kappa shape index (κ2) is 9.88. The van der Waals surface area contributed by atoms with E-state index in [1.165, 1.54) is 33.6 Å². The van der Waals surface area contributed by atoms with Gasteiger partial charge in [0.25, 0.3) is 0 Å². The van der Waals surface area contributed by atoms with Crippen LogP contribution in [-0.2, 0) is 11.2 Å². The number of aryl methyl sites for hydroxylation is 1. The van der Waals surface area contributed by atoms with Gasteiger partial charge in [-0.25, -0.2) is 0 Å². The fourth-order valence-corrected chi connectivity index (χ4v) is 4.12. The molecule has 3 aromatic rings. The van der Waals surface area contributed by atoms with E-state index in [9.17, 15) is 4.79 Å². The summed E-state index contributed by atoms with van der Waals surface area (Å²) in [6, 6.07) is 19.4. The highest BCUT2D eigenvalue weighted by atomic mass is 32.2. The van der Waals surface area contributed by atoms with Crippen LogP contribution in [0.2, 0.25) is 0 Å². The first-order valence-corrected chi connectivity index (χ1v) is 10.5. The molecule has 0 unspecified atom stereocenters. The largest absolute Gasteiger partial charge is 0.330 e. The van der Waals surface area contributed by atoms with E-state index in [0.717, 1.165) is 12.1 Å². The van der Waals surface area contributed by atoms with E-state index in [0.29, 0.717) is 15.2 Å². The zero-order valence-electron chi connectivity index (χ0n) is 15.3. The maximum absolute atomic E-state index is 12.6. The van der Waals surface area contributed by atoms with Gasteiger partial charge in [-0.05, 0) is 36.2 Å². The molecule has 0 aliphatic heterocycles. The summed E-state index contributed by atoms with van der Waals surface area (Å²) in [6.07, 6.45) is 1.000. The summed E-state index contributed by atoms with van der Waals surface area (Å²) < 4.78 is 0.700. The molecule has 142 valence electrons. The molecule has 0 saturated heterocycles. The summed E-state index contributed by atoms with van der Waals surface area (Å²) in [4.78, 5) is 14.0. The Balaban J connectivity index is 1.58. The van der Waals surface area contributed by atoms with Gasteiger partial charge in [0.15, 0.2) is 4.34 Å². The van der Waals surface area contributed by atoms with E-state index in [1.807, 2.05) is 48.5 Å². The molecule has 1 N–H and O–H groups in total. The summed E-state index contributed by atoms with van der Waals surface area (Å²) in [5.74, 6) is 0.0498. The molecule has 0 saturated carbocycles. The van der Waals surface area contributed by atoms with E-state index in [1.54, 1.807) is 0 Å². The predicted molar refractivity (Wildman–Crippen MR) is 114 cm³/mol. The van der Waals surface area contributed by atoms with Crippen molar-refractivity contribution in [1.29, 1.82) is 5.26 Å². The van der Waals surface area contributed by atoms with Gasteiger partial charge in [0.2, 0.25) is 11.0 Å². The predicted octanol–water partition coefficient (Wildman–Crippen LogP) is 4.49. The first kappa shape index (κ1) is 19.9. The number of hydrogen-bond acceptors (Lipinski definition) is 7. The van der Waals surface area contributed by atoms with Crippen LogP contribution in [0.5, 0.6) is 0 Å². The number of carbonyl (C=O) groups is 1. The Morgan fingerprint density at radius 1 is 1.18 bits per heavy atom. The van der Waals surface area contributed by atoms with Gasteiger partial charge in [0, 0.05) is 11.4 Å². The number of nitriles is 1. The first-order valence-electron chi connectivity index (χ1n) is 8.74. The molecular weight excluding hydrogens is 390 g/mol. The van der Waals surface area contributed by atoms with Gasteiger partial charge >= 0.3 is 0 Å². The molecule has 1 aromatic heterocycles. The van der Waals surface area contributed by atoms with Crippen LogP contribution in [0.3, 0.4) is 0 Å². The number of hydrogen-bond donors (Lipinski definition) is 1. The third kappa shape index (κ3) is 5.31. The highest BCUT2D eigenvalue weighted by Crippen LogP contribution is 2.28. The molecule has 1 amide bonds. The SMILES string of the molecule is CCc1ccc(Nc2nnc(SCC(=O)N(CC#N)c3ccccc3)s2)cc1. The van der Waals surface area contributed by atoms with Crippen LogP contribution in [0.4, 0.5) is 16.5 Å². The molecule has 0 aliphatic rings. The summed E-state index contributed by atoms with van der Waals surface area (Å²) in [5, 5.41) is 21.2. The number of amides is 1. The van der Waals surface area contributed by atoms with Crippen molar-refractivity contribution in [2.24, 2.45) is 0 Å². The van der Waals surface area contributed by atoms with Crippen LogP contribution < -0.4 is 10.2 Å². The minimum Gasteiger partial charge on any atom is -0.330 e. The minimum atomic E-state index is -0.141. The molecular formula is C20H19N5OS2. The number of para-hydroxylation sites is 1. The molecule has 8 heteroatoms. The maximum Gasteiger partial charge on any atom is 0.238 e. The third-order valence-corrected chi connectivity index (χ3v) is 5.89. The van der Waals surface area contributed by atoms with E-state index >= 15 is 0 Å². The highest BCUT2D eigenvalue weighted by Gasteiger charge is 2.16. The Morgan fingerprint density at radius 2 is 1.93 bits per heavy atom. The molecule has 0 spiro atoms. The topological polar surface area (TPSA) is 81.9 Å². The zero-order chi connectivity index (χ0) is 19.8. The lowest BCUT2D eigenvalue weighted by Crippen LogP contribution is -2.32. The van der Waals surface area contributed by atoms with Gasteiger partial charge in [0.05, 0.1) is 11.8 Å². The van der Waals surface area contributed by atoms with Crippen LogP contribution in [0.1, 0.15) is 12.5 Å². The Labute approximate surface area is 172 Å². The molecule has 0 radical (unpaired) electrons. The van der Waals surface area contributed by atoms with E-state index in [-0.39, 0.29) is 18.2 Å². The molecule has 1 heterocycles. The number of aromatic nitrogens is 2. The molecule has 2 aromatic carbocycles. The van der Waals surface area contributed by atoms with E-state index in [4.69, 9.17) is 5.26 Å². The second-order valence-electron chi connectivity index (χ2n) is 5.81. The minimum absolute atomic E-state index is 0.0140. The molecule has 0 bridgehead atoms. The molecule has 28 heavy (non-hydrogen) atoms. The van der Waals surface area contributed by atoms with Gasteiger partial charge in [-0.2, -0.15) is 5.26 Å². The Bertz CT molecular complexity index is 951. The van der Waals surface area contributed by atoms with Crippen molar-refractivity contribution >= 4 is 45.5 Å². The van der Waals surface area contributed by atoms with Crippen molar-refractivity contribution < 1.29 is 4.79 Å². The summed E-state index contributed by atoms with van der Waals surface area (Å²) in [5.41, 5.74) is 2.94. The Hall–Kier alpha value is -2.89. The zero-order valence-corrected chi connectivity index (χ0v) is 17.0. The number of benzene rings is 2. The molecule has 0 fully saturated rings. The molecule has 3 rings (SSSR count). The first-order chi connectivity index (χ1) is 13.7. The average molecular weight is 410 g/mol. The quantitative estimate of drug-likeness (QED) is 0.436. The third-order valence-electron chi connectivity index (χ3n) is 3.94. The Morgan fingerprint density at radius 3 is 2.61 bits per heavy atom. The van der Waals surface area contributed by atoms with Gasteiger partial charge < -0.3 is 5.32 Å². The van der Waals surface area contributed by atoms with Gasteiger partial charge in [0.1, 0.15) is 6.54 Å². The fourth-order valence-electron chi connectivity index (χ4n) is 2.47. The van der Waals surface area contributed by atoms with Crippen molar-refractivity contribution in [3.63, 3.8) is 0 Å². The lowest BCUT2D eigenvalue weighted by atomic mass is 10.1. The lowest BCUT2D eigenvalue weighted by Gasteiger charge is -2.19. The van der Waals surface area contributed by atoms with Gasteiger partial charge in [-0.1, -0.05) is 60.4 Å².